The summed E-state index contributed by atoms with van der Waals surface area (Å²) in [5.41, 5.74) is 5.08. The average molecular weight is 295 g/mol. The standard InChI is InChI=1S/C10H10N2O3.C2H6.C2H4.CH5N/c13-8-3-1-2-7(6-8)12-5-4-9(14)11-10(12)15;3*1-2/h1-3,6,13H,4-5H2,(H,11,14,15);1-2H3;1-2H2;2H2,1H3. The summed E-state index contributed by atoms with van der Waals surface area (Å²) in [6.07, 6.45) is 0.279. The van der Waals surface area contributed by atoms with Gasteiger partial charge in [0.15, 0.2) is 0 Å². The van der Waals surface area contributed by atoms with Crippen molar-refractivity contribution in [2.45, 2.75) is 20.3 Å². The van der Waals surface area contributed by atoms with E-state index in [1.54, 1.807) is 12.1 Å². The van der Waals surface area contributed by atoms with Crippen LogP contribution in [0, 0.1) is 0 Å². The van der Waals surface area contributed by atoms with E-state index in [0.29, 0.717) is 12.2 Å². The van der Waals surface area contributed by atoms with Crippen molar-refractivity contribution < 1.29 is 14.7 Å². The Balaban J connectivity index is 0. The van der Waals surface area contributed by atoms with Crippen LogP contribution in [0.25, 0.3) is 0 Å². The molecule has 1 aromatic rings. The van der Waals surface area contributed by atoms with E-state index < -0.39 is 6.03 Å². The number of anilines is 1. The number of hydrogen-bond donors (Lipinski definition) is 3. The van der Waals surface area contributed by atoms with Crippen molar-refractivity contribution in [1.29, 1.82) is 0 Å². The first-order valence-electron chi connectivity index (χ1n) is 6.65. The monoisotopic (exact) mass is 295 g/mol. The van der Waals surface area contributed by atoms with E-state index in [4.69, 9.17) is 0 Å². The average Bonchev–Trinajstić information content (AvgIpc) is 2.53. The van der Waals surface area contributed by atoms with Gasteiger partial charge >= 0.3 is 6.03 Å². The number of nitrogens with two attached hydrogens (primary N) is 1. The quantitative estimate of drug-likeness (QED) is 0.692. The third-order valence-electron chi connectivity index (χ3n) is 2.20. The van der Waals surface area contributed by atoms with Crippen molar-refractivity contribution in [1.82, 2.24) is 5.32 Å². The molecule has 0 radical (unpaired) electrons. The first-order chi connectivity index (χ1) is 10.2. The maximum absolute atomic E-state index is 11.4. The smallest absolute Gasteiger partial charge is 0.328 e. The molecule has 118 valence electrons. The van der Waals surface area contributed by atoms with E-state index in [1.807, 2.05) is 13.8 Å². The lowest BCUT2D eigenvalue weighted by Crippen LogP contribution is -2.49. The van der Waals surface area contributed by atoms with Gasteiger partial charge in [-0.15, -0.1) is 13.2 Å². The van der Waals surface area contributed by atoms with Crippen molar-refractivity contribution in [2.24, 2.45) is 5.73 Å². The largest absolute Gasteiger partial charge is 0.508 e. The lowest BCUT2D eigenvalue weighted by atomic mass is 10.2. The fourth-order valence-corrected chi connectivity index (χ4v) is 1.47. The molecular formula is C15H25N3O3. The molecule has 1 fully saturated rings. The second kappa shape index (κ2) is 12.7. The summed E-state index contributed by atoms with van der Waals surface area (Å²) in [5.74, 6) is -0.173. The number of carbonyl (C=O) groups is 2. The van der Waals surface area contributed by atoms with Crippen LogP contribution in [0.1, 0.15) is 20.3 Å². The second-order valence-electron chi connectivity index (χ2n) is 3.27. The normalized spacial score (nSPS) is 12.5. The number of aromatic hydroxyl groups is 1. The Kier molecular flexibility index (Phi) is 12.7. The van der Waals surface area contributed by atoms with E-state index in [1.165, 1.54) is 24.1 Å². The summed E-state index contributed by atoms with van der Waals surface area (Å²) < 4.78 is 0. The van der Waals surface area contributed by atoms with Gasteiger partial charge in [-0.2, -0.15) is 0 Å². The Morgan fingerprint density at radius 2 is 1.81 bits per heavy atom. The van der Waals surface area contributed by atoms with Crippen LogP contribution in [0.5, 0.6) is 5.75 Å². The van der Waals surface area contributed by atoms with Crippen LogP contribution in [0.4, 0.5) is 10.5 Å². The van der Waals surface area contributed by atoms with Gasteiger partial charge in [0.1, 0.15) is 5.75 Å². The Hall–Kier alpha value is -2.34. The van der Waals surface area contributed by atoms with Gasteiger partial charge in [0.25, 0.3) is 0 Å². The SMILES string of the molecule is C=C.CC.CN.O=C1CCN(c2cccc(O)c2)C(=O)N1. The van der Waals surface area contributed by atoms with Crippen molar-refractivity contribution in [3.8, 4) is 5.75 Å². The van der Waals surface area contributed by atoms with Crippen molar-refractivity contribution in [3.63, 3.8) is 0 Å². The lowest BCUT2D eigenvalue weighted by Gasteiger charge is -2.26. The van der Waals surface area contributed by atoms with E-state index in [0.717, 1.165) is 0 Å². The molecule has 1 saturated heterocycles. The Bertz CT molecular complexity index is 436. The minimum atomic E-state index is -0.447. The zero-order valence-electron chi connectivity index (χ0n) is 12.9. The number of imide groups is 1. The molecule has 0 spiro atoms. The van der Waals surface area contributed by atoms with Crippen LogP contribution >= 0.6 is 0 Å². The number of phenolic OH excluding ortho intramolecular Hbond substituents is 1. The van der Waals surface area contributed by atoms with E-state index in [-0.39, 0.29) is 18.1 Å². The first-order valence-corrected chi connectivity index (χ1v) is 6.65. The van der Waals surface area contributed by atoms with Gasteiger partial charge in [0.05, 0.1) is 0 Å². The first kappa shape index (κ1) is 21.0. The van der Waals surface area contributed by atoms with Crippen molar-refractivity contribution >= 4 is 17.6 Å². The molecule has 4 N–H and O–H groups in total. The van der Waals surface area contributed by atoms with Crippen LogP contribution in [0.3, 0.4) is 0 Å². The number of phenols is 1. The molecule has 1 aliphatic heterocycles. The maximum Gasteiger partial charge on any atom is 0.328 e. The predicted octanol–water partition coefficient (Wildman–Crippen LogP) is 2.24. The second-order valence-corrected chi connectivity index (χ2v) is 3.27. The highest BCUT2D eigenvalue weighted by Gasteiger charge is 2.23. The molecule has 0 saturated carbocycles. The molecule has 0 bridgehead atoms. The summed E-state index contributed by atoms with van der Waals surface area (Å²) >= 11 is 0. The molecule has 1 heterocycles. The molecule has 0 aliphatic carbocycles. The molecule has 1 aromatic carbocycles. The molecule has 3 amide bonds. The minimum Gasteiger partial charge on any atom is -0.508 e. The van der Waals surface area contributed by atoms with Crippen LogP contribution in [-0.4, -0.2) is 30.6 Å². The van der Waals surface area contributed by atoms with E-state index >= 15 is 0 Å². The maximum atomic E-state index is 11.4. The summed E-state index contributed by atoms with van der Waals surface area (Å²) in [7, 11) is 1.50. The van der Waals surface area contributed by atoms with Gasteiger partial charge in [-0.3, -0.25) is 15.0 Å². The zero-order chi connectivity index (χ0) is 16.8. The molecule has 0 unspecified atom stereocenters. The Labute approximate surface area is 126 Å². The molecular weight excluding hydrogens is 270 g/mol. The third kappa shape index (κ3) is 7.12. The number of benzene rings is 1. The number of nitrogens with one attached hydrogen (secondary N) is 1. The van der Waals surface area contributed by atoms with Crippen molar-refractivity contribution in [3.05, 3.63) is 37.4 Å². The highest BCUT2D eigenvalue weighted by atomic mass is 16.3. The minimum absolute atomic E-state index is 0.0946. The predicted molar refractivity (Wildman–Crippen MR) is 86.3 cm³/mol. The number of rotatable bonds is 1. The zero-order valence-corrected chi connectivity index (χ0v) is 12.9. The fraction of sp³-hybridized carbons (Fsp3) is 0.333. The van der Waals surface area contributed by atoms with Gasteiger partial charge < -0.3 is 10.8 Å². The number of urea groups is 1. The van der Waals surface area contributed by atoms with Gasteiger partial charge in [0, 0.05) is 24.7 Å². The molecule has 0 aromatic heterocycles. The molecule has 21 heavy (non-hydrogen) atoms. The molecule has 6 heteroatoms. The number of carbonyl (C=O) groups excluding carboxylic acids is 2. The van der Waals surface area contributed by atoms with Crippen LogP contribution < -0.4 is 16.0 Å². The van der Waals surface area contributed by atoms with Gasteiger partial charge in [0.2, 0.25) is 5.91 Å². The number of hydrogen-bond acceptors (Lipinski definition) is 4. The van der Waals surface area contributed by atoms with Gasteiger partial charge in [-0.05, 0) is 19.2 Å². The van der Waals surface area contributed by atoms with Crippen LogP contribution in [0.2, 0.25) is 0 Å². The van der Waals surface area contributed by atoms with Crippen LogP contribution in [0.15, 0.2) is 37.4 Å². The van der Waals surface area contributed by atoms with E-state index in [9.17, 15) is 14.7 Å². The highest BCUT2D eigenvalue weighted by molar-refractivity contribution is 6.05. The fourth-order valence-electron chi connectivity index (χ4n) is 1.47. The number of nitrogens with zero attached hydrogens (tertiary/aromatic N) is 1. The Morgan fingerprint density at radius 1 is 1.24 bits per heavy atom. The van der Waals surface area contributed by atoms with Gasteiger partial charge in [-0.1, -0.05) is 19.9 Å². The van der Waals surface area contributed by atoms with Gasteiger partial charge in [-0.25, -0.2) is 4.79 Å². The lowest BCUT2D eigenvalue weighted by molar-refractivity contribution is -0.120. The summed E-state index contributed by atoms with van der Waals surface area (Å²) in [6, 6.07) is 5.91. The van der Waals surface area contributed by atoms with E-state index in [2.05, 4.69) is 24.2 Å². The Morgan fingerprint density at radius 3 is 2.29 bits per heavy atom. The highest BCUT2D eigenvalue weighted by Crippen LogP contribution is 2.21. The molecule has 1 aliphatic rings. The number of amides is 3. The molecule has 6 nitrogen and oxygen atoms in total. The summed E-state index contributed by atoms with van der Waals surface area (Å²) in [5, 5.41) is 11.5. The van der Waals surface area contributed by atoms with Crippen molar-refractivity contribution in [2.75, 3.05) is 18.5 Å². The summed E-state index contributed by atoms with van der Waals surface area (Å²) in [4.78, 5) is 23.8. The van der Waals surface area contributed by atoms with Crippen LogP contribution in [-0.2, 0) is 4.79 Å². The molecule has 2 rings (SSSR count). The topological polar surface area (TPSA) is 95.7 Å². The third-order valence-corrected chi connectivity index (χ3v) is 2.20. The molecule has 0 atom stereocenters. The summed E-state index contributed by atoms with van der Waals surface area (Å²) in [6.45, 7) is 10.3.